The molecule has 1 aromatic rings. The summed E-state index contributed by atoms with van der Waals surface area (Å²) in [6, 6.07) is 10.2. The first-order valence-corrected chi connectivity index (χ1v) is 8.80. The standard InChI is InChI=1S/C20H23NO3/c21-11-9-16-5-3-4-15(12-16)8-10-20(17-6-1-2-7-17)14-18(22)13-19(23)24-20/h3-5,12,17H,1-2,6-10,13-14H2. The Balaban J connectivity index is 1.77. The van der Waals surface area contributed by atoms with Crippen LogP contribution in [0.3, 0.4) is 0 Å². The summed E-state index contributed by atoms with van der Waals surface area (Å²) in [5.41, 5.74) is 1.52. The Hall–Kier alpha value is -2.15. The van der Waals surface area contributed by atoms with Crippen LogP contribution in [0.5, 0.6) is 0 Å². The molecule has 1 aromatic carbocycles. The molecule has 1 atom stereocenters. The van der Waals surface area contributed by atoms with Gasteiger partial charge in [-0.05, 0) is 42.7 Å². The molecule has 2 fully saturated rings. The molecule has 0 spiro atoms. The Morgan fingerprint density at radius 3 is 2.67 bits per heavy atom. The SMILES string of the molecule is N#CCc1cccc(CCC2(C3CCCC3)CC(=O)CC(=O)O2)c1. The van der Waals surface area contributed by atoms with E-state index >= 15 is 0 Å². The Kier molecular flexibility index (Phi) is 4.99. The molecule has 126 valence electrons. The van der Waals surface area contributed by atoms with Crippen LogP contribution in [0.15, 0.2) is 24.3 Å². The lowest BCUT2D eigenvalue weighted by Crippen LogP contribution is -2.48. The summed E-state index contributed by atoms with van der Waals surface area (Å²) in [6.07, 6.45) is 6.50. The van der Waals surface area contributed by atoms with Crippen molar-refractivity contribution >= 4 is 11.8 Å². The first kappa shape index (κ1) is 16.7. The van der Waals surface area contributed by atoms with Gasteiger partial charge in [-0.2, -0.15) is 5.26 Å². The Morgan fingerprint density at radius 2 is 1.96 bits per heavy atom. The molecule has 3 rings (SSSR count). The van der Waals surface area contributed by atoms with E-state index < -0.39 is 5.60 Å². The number of aryl methyl sites for hydroxylation is 1. The number of cyclic esters (lactones) is 1. The minimum absolute atomic E-state index is 0.0105. The van der Waals surface area contributed by atoms with Gasteiger partial charge in [-0.3, -0.25) is 9.59 Å². The van der Waals surface area contributed by atoms with E-state index in [1.54, 1.807) is 0 Å². The smallest absolute Gasteiger partial charge is 0.313 e. The summed E-state index contributed by atoms with van der Waals surface area (Å²) in [7, 11) is 0. The highest BCUT2D eigenvalue weighted by Crippen LogP contribution is 2.43. The van der Waals surface area contributed by atoms with Gasteiger partial charge in [0.25, 0.3) is 0 Å². The first-order valence-electron chi connectivity index (χ1n) is 8.80. The van der Waals surface area contributed by atoms with E-state index in [1.165, 1.54) is 0 Å². The summed E-state index contributed by atoms with van der Waals surface area (Å²) >= 11 is 0. The minimum atomic E-state index is -0.617. The molecule has 1 aliphatic heterocycles. The van der Waals surface area contributed by atoms with Crippen LogP contribution < -0.4 is 0 Å². The molecule has 0 bridgehead atoms. The van der Waals surface area contributed by atoms with Crippen LogP contribution in [-0.4, -0.2) is 17.4 Å². The Morgan fingerprint density at radius 1 is 1.21 bits per heavy atom. The molecule has 0 radical (unpaired) electrons. The lowest BCUT2D eigenvalue weighted by molar-refractivity contribution is -0.178. The van der Waals surface area contributed by atoms with Gasteiger partial charge in [0.1, 0.15) is 17.8 Å². The highest BCUT2D eigenvalue weighted by atomic mass is 16.6. The van der Waals surface area contributed by atoms with E-state index in [9.17, 15) is 9.59 Å². The zero-order chi connectivity index (χ0) is 17.0. The predicted molar refractivity (Wildman–Crippen MR) is 89.1 cm³/mol. The Labute approximate surface area is 142 Å². The second-order valence-electron chi connectivity index (χ2n) is 7.07. The van der Waals surface area contributed by atoms with Gasteiger partial charge >= 0.3 is 5.97 Å². The van der Waals surface area contributed by atoms with E-state index in [1.807, 2.05) is 24.3 Å². The van der Waals surface area contributed by atoms with E-state index in [-0.39, 0.29) is 18.2 Å². The molecule has 24 heavy (non-hydrogen) atoms. The zero-order valence-electron chi connectivity index (χ0n) is 13.9. The van der Waals surface area contributed by atoms with E-state index in [4.69, 9.17) is 10.00 Å². The Bertz CT molecular complexity index is 652. The van der Waals surface area contributed by atoms with Crippen LogP contribution in [0.4, 0.5) is 0 Å². The summed E-state index contributed by atoms with van der Waals surface area (Å²) in [5.74, 6) is -0.0549. The second-order valence-corrected chi connectivity index (χ2v) is 7.07. The van der Waals surface area contributed by atoms with E-state index in [2.05, 4.69) is 6.07 Å². The topological polar surface area (TPSA) is 67.2 Å². The monoisotopic (exact) mass is 325 g/mol. The lowest BCUT2D eigenvalue weighted by Gasteiger charge is -2.41. The molecule has 0 aromatic heterocycles. The average molecular weight is 325 g/mol. The van der Waals surface area contributed by atoms with Gasteiger partial charge in [-0.1, -0.05) is 37.1 Å². The van der Waals surface area contributed by atoms with Crippen LogP contribution in [0.1, 0.15) is 56.1 Å². The summed E-state index contributed by atoms with van der Waals surface area (Å²) in [5, 5.41) is 8.84. The number of carbonyl (C=O) groups excluding carboxylic acids is 2. The van der Waals surface area contributed by atoms with Crippen molar-refractivity contribution in [3.05, 3.63) is 35.4 Å². The average Bonchev–Trinajstić information content (AvgIpc) is 3.08. The maximum atomic E-state index is 12.1. The highest BCUT2D eigenvalue weighted by Gasteiger charge is 2.47. The van der Waals surface area contributed by atoms with Crippen molar-refractivity contribution in [2.75, 3.05) is 0 Å². The maximum Gasteiger partial charge on any atom is 0.313 e. The number of benzene rings is 1. The summed E-state index contributed by atoms with van der Waals surface area (Å²) in [6.45, 7) is 0. The van der Waals surface area contributed by atoms with Crippen LogP contribution in [0.2, 0.25) is 0 Å². The van der Waals surface area contributed by atoms with Gasteiger partial charge in [0.2, 0.25) is 0 Å². The van der Waals surface area contributed by atoms with Gasteiger partial charge in [0, 0.05) is 6.42 Å². The normalized spacial score (nSPS) is 24.6. The van der Waals surface area contributed by atoms with Crippen molar-refractivity contribution in [1.29, 1.82) is 5.26 Å². The third kappa shape index (κ3) is 3.67. The molecular formula is C20H23NO3. The number of ether oxygens (including phenoxy) is 1. The molecule has 1 saturated heterocycles. The molecule has 4 heteroatoms. The largest absolute Gasteiger partial charge is 0.458 e. The van der Waals surface area contributed by atoms with Gasteiger partial charge < -0.3 is 4.74 Å². The quantitative estimate of drug-likeness (QED) is 0.613. The molecule has 1 heterocycles. The van der Waals surface area contributed by atoms with Gasteiger partial charge in [-0.15, -0.1) is 0 Å². The second kappa shape index (κ2) is 7.17. The fourth-order valence-electron chi connectivity index (χ4n) is 4.22. The highest BCUT2D eigenvalue weighted by molar-refractivity contribution is 5.98. The molecule has 0 amide bonds. The number of rotatable bonds is 5. The van der Waals surface area contributed by atoms with E-state index in [0.717, 1.165) is 43.2 Å². The van der Waals surface area contributed by atoms with Crippen LogP contribution >= 0.6 is 0 Å². The number of esters is 1. The maximum absolute atomic E-state index is 12.1. The van der Waals surface area contributed by atoms with Crippen molar-refractivity contribution in [1.82, 2.24) is 0 Å². The number of carbonyl (C=O) groups is 2. The third-order valence-electron chi connectivity index (χ3n) is 5.37. The minimum Gasteiger partial charge on any atom is -0.458 e. The molecular weight excluding hydrogens is 302 g/mol. The van der Waals surface area contributed by atoms with Crippen molar-refractivity contribution in [3.63, 3.8) is 0 Å². The third-order valence-corrected chi connectivity index (χ3v) is 5.37. The van der Waals surface area contributed by atoms with Crippen LogP contribution in [-0.2, 0) is 27.2 Å². The molecule has 2 aliphatic rings. The summed E-state index contributed by atoms with van der Waals surface area (Å²) < 4.78 is 5.82. The molecule has 1 aliphatic carbocycles. The van der Waals surface area contributed by atoms with Crippen LogP contribution in [0, 0.1) is 17.2 Å². The molecule has 1 unspecified atom stereocenters. The number of hydrogen-bond acceptors (Lipinski definition) is 4. The predicted octanol–water partition coefficient (Wildman–Crippen LogP) is 3.52. The number of ketones is 1. The zero-order valence-corrected chi connectivity index (χ0v) is 13.9. The van der Waals surface area contributed by atoms with Gasteiger partial charge in [-0.25, -0.2) is 0 Å². The first-order chi connectivity index (χ1) is 11.6. The number of nitrogens with zero attached hydrogens (tertiary/aromatic N) is 1. The summed E-state index contributed by atoms with van der Waals surface area (Å²) in [4.78, 5) is 24.0. The van der Waals surface area contributed by atoms with Crippen molar-refractivity contribution in [3.8, 4) is 6.07 Å². The van der Waals surface area contributed by atoms with Crippen LogP contribution in [0.25, 0.3) is 0 Å². The fraction of sp³-hybridized carbons (Fsp3) is 0.550. The number of Topliss-reactive ketones (excluding diaryl/α,β-unsaturated/α-hetero) is 1. The fourth-order valence-corrected chi connectivity index (χ4v) is 4.22. The number of hydrogen-bond donors (Lipinski definition) is 0. The molecule has 4 nitrogen and oxygen atoms in total. The van der Waals surface area contributed by atoms with Crippen molar-refractivity contribution < 1.29 is 14.3 Å². The molecule has 0 N–H and O–H groups in total. The van der Waals surface area contributed by atoms with Crippen molar-refractivity contribution in [2.24, 2.45) is 5.92 Å². The van der Waals surface area contributed by atoms with Gasteiger partial charge in [0.05, 0.1) is 12.5 Å². The van der Waals surface area contributed by atoms with Gasteiger partial charge in [0.15, 0.2) is 0 Å². The van der Waals surface area contributed by atoms with Crippen molar-refractivity contribution in [2.45, 2.75) is 63.4 Å². The molecule has 1 saturated carbocycles. The lowest BCUT2D eigenvalue weighted by atomic mass is 9.76. The number of nitriles is 1. The van der Waals surface area contributed by atoms with E-state index in [0.29, 0.717) is 25.2 Å².